The van der Waals surface area contributed by atoms with E-state index < -0.39 is 11.6 Å². The number of aromatic nitrogens is 2. The zero-order chi connectivity index (χ0) is 12.1. The molecule has 0 spiro atoms. The van der Waals surface area contributed by atoms with Crippen LogP contribution in [0.15, 0.2) is 4.63 Å². The van der Waals surface area contributed by atoms with Crippen LogP contribution in [0.25, 0.3) is 0 Å². The first kappa shape index (κ1) is 13.5. The van der Waals surface area contributed by atoms with E-state index in [-0.39, 0.29) is 11.4 Å². The third-order valence-electron chi connectivity index (χ3n) is 1.49. The summed E-state index contributed by atoms with van der Waals surface area (Å²) in [6.07, 6.45) is 0. The van der Waals surface area contributed by atoms with Crippen LogP contribution in [0.3, 0.4) is 0 Å². The van der Waals surface area contributed by atoms with Crippen LogP contribution in [0.4, 0.5) is 4.39 Å². The first-order valence-electron chi connectivity index (χ1n) is 4.71. The predicted molar refractivity (Wildman–Crippen MR) is 53.2 cm³/mol. The Kier molecular flexibility index (Phi) is 4.90. The fourth-order valence-electron chi connectivity index (χ4n) is 0.846. The highest BCUT2D eigenvalue weighted by Crippen LogP contribution is 2.24. The van der Waals surface area contributed by atoms with Gasteiger partial charge in [-0.25, -0.2) is 9.02 Å². The lowest BCUT2D eigenvalue weighted by molar-refractivity contribution is 0.0948. The van der Waals surface area contributed by atoms with Crippen molar-refractivity contribution < 1.29 is 13.8 Å². The summed E-state index contributed by atoms with van der Waals surface area (Å²) in [5.74, 6) is -0.512. The molecule has 0 atom stereocenters. The molecule has 1 amide bonds. The lowest BCUT2D eigenvalue weighted by atomic mass is 10.1. The maximum atomic E-state index is 13.4. The Morgan fingerprint density at radius 3 is 2.33 bits per heavy atom. The van der Waals surface area contributed by atoms with Crippen molar-refractivity contribution >= 4 is 5.91 Å². The van der Waals surface area contributed by atoms with Crippen molar-refractivity contribution in [2.45, 2.75) is 33.4 Å². The lowest BCUT2D eigenvalue weighted by Gasteiger charge is -2.09. The fraction of sp³-hybridized carbons (Fsp3) is 0.667. The van der Waals surface area contributed by atoms with Crippen LogP contribution in [0.5, 0.6) is 0 Å². The second-order valence-corrected chi connectivity index (χ2v) is 3.01. The van der Waals surface area contributed by atoms with E-state index in [4.69, 9.17) is 0 Å². The molecule has 0 radical (unpaired) electrons. The fourth-order valence-corrected chi connectivity index (χ4v) is 0.846. The molecule has 0 saturated carbocycles. The zero-order valence-electron chi connectivity index (χ0n) is 9.59. The van der Waals surface area contributed by atoms with Crippen molar-refractivity contribution in [3.8, 4) is 0 Å². The van der Waals surface area contributed by atoms with Gasteiger partial charge in [0.05, 0.1) is 0 Å². The van der Waals surface area contributed by atoms with E-state index in [1.165, 1.54) is 20.9 Å². The van der Waals surface area contributed by atoms with E-state index in [9.17, 15) is 9.18 Å². The molecule has 0 fully saturated rings. The van der Waals surface area contributed by atoms with E-state index in [2.05, 4.69) is 20.3 Å². The molecule has 0 unspecified atom stereocenters. The number of rotatable bonds is 2. The highest BCUT2D eigenvalue weighted by molar-refractivity contribution is 5.93. The predicted octanol–water partition coefficient (Wildman–Crippen LogP) is 1.66. The minimum absolute atomic E-state index is 0.0909. The van der Waals surface area contributed by atoms with Gasteiger partial charge in [-0.2, -0.15) is 0 Å². The third-order valence-corrected chi connectivity index (χ3v) is 1.49. The molecule has 0 bridgehead atoms. The van der Waals surface area contributed by atoms with Gasteiger partial charge in [0.15, 0.2) is 17.1 Å². The van der Waals surface area contributed by atoms with Crippen molar-refractivity contribution in [1.29, 1.82) is 0 Å². The molecular weight excluding hydrogens is 201 g/mol. The summed E-state index contributed by atoms with van der Waals surface area (Å²) in [6, 6.07) is 0. The number of nitrogens with zero attached hydrogens (tertiary/aromatic N) is 2. The molecular formula is C9H16FN3O2. The van der Waals surface area contributed by atoms with Gasteiger partial charge < -0.3 is 5.32 Å². The number of alkyl halides is 1. The number of amides is 1. The monoisotopic (exact) mass is 217 g/mol. The Morgan fingerprint density at radius 1 is 1.40 bits per heavy atom. The molecule has 0 saturated heterocycles. The number of hydrogen-bond acceptors (Lipinski definition) is 4. The minimum Gasteiger partial charge on any atom is -0.354 e. The van der Waals surface area contributed by atoms with Crippen LogP contribution in [0.2, 0.25) is 0 Å². The van der Waals surface area contributed by atoms with E-state index in [0.717, 1.165) is 0 Å². The largest absolute Gasteiger partial charge is 0.354 e. The quantitative estimate of drug-likeness (QED) is 0.818. The SMILES string of the molecule is CC.CNC(=O)c1nonc1C(C)(C)F. The standard InChI is InChI=1S/C7H10FN3O2.C2H6/c1-7(2,8)5-4(6(12)9-3)10-13-11-5;1-2/h1-3H3,(H,9,12);1-2H3. The first-order chi connectivity index (χ1) is 6.96. The van der Waals surface area contributed by atoms with Crippen LogP contribution in [0, 0.1) is 0 Å². The number of carbonyl (C=O) groups is 1. The summed E-state index contributed by atoms with van der Waals surface area (Å²) in [5.41, 5.74) is -1.94. The van der Waals surface area contributed by atoms with Crippen LogP contribution in [-0.2, 0) is 5.67 Å². The molecule has 1 N–H and O–H groups in total. The molecule has 86 valence electrons. The molecule has 6 heteroatoms. The molecule has 0 aliphatic carbocycles. The summed E-state index contributed by atoms with van der Waals surface area (Å²) < 4.78 is 17.7. The number of halogens is 1. The zero-order valence-corrected chi connectivity index (χ0v) is 9.59. The summed E-state index contributed by atoms with van der Waals surface area (Å²) in [6.45, 7) is 6.55. The summed E-state index contributed by atoms with van der Waals surface area (Å²) in [4.78, 5) is 11.1. The van der Waals surface area contributed by atoms with E-state index in [0.29, 0.717) is 0 Å². The summed E-state index contributed by atoms with van der Waals surface area (Å²) >= 11 is 0. The second-order valence-electron chi connectivity index (χ2n) is 3.01. The van der Waals surface area contributed by atoms with E-state index in [1.54, 1.807) is 0 Å². The Labute approximate surface area is 88.0 Å². The van der Waals surface area contributed by atoms with Crippen LogP contribution in [0.1, 0.15) is 43.9 Å². The first-order valence-corrected chi connectivity index (χ1v) is 4.71. The number of nitrogens with one attached hydrogen (secondary N) is 1. The minimum atomic E-state index is -1.73. The summed E-state index contributed by atoms with van der Waals surface area (Å²) in [5, 5.41) is 8.96. The van der Waals surface area contributed by atoms with Crippen molar-refractivity contribution in [1.82, 2.24) is 15.6 Å². The smallest absolute Gasteiger partial charge is 0.275 e. The third kappa shape index (κ3) is 3.30. The van der Waals surface area contributed by atoms with Gasteiger partial charge >= 0.3 is 0 Å². The molecule has 5 nitrogen and oxygen atoms in total. The number of hydrogen-bond donors (Lipinski definition) is 1. The summed E-state index contributed by atoms with van der Waals surface area (Å²) in [7, 11) is 1.42. The molecule has 0 aliphatic rings. The van der Waals surface area contributed by atoms with E-state index >= 15 is 0 Å². The van der Waals surface area contributed by atoms with Gasteiger partial charge in [0.1, 0.15) is 0 Å². The van der Waals surface area contributed by atoms with Gasteiger partial charge in [-0.05, 0) is 19.0 Å². The molecule has 1 aromatic rings. The van der Waals surface area contributed by atoms with Crippen LogP contribution >= 0.6 is 0 Å². The Morgan fingerprint density at radius 2 is 1.93 bits per heavy atom. The van der Waals surface area contributed by atoms with Crippen LogP contribution in [-0.4, -0.2) is 23.3 Å². The second kappa shape index (κ2) is 5.43. The topological polar surface area (TPSA) is 68.0 Å². The van der Waals surface area contributed by atoms with Crippen molar-refractivity contribution in [2.75, 3.05) is 7.05 Å². The van der Waals surface area contributed by atoms with Crippen LogP contribution < -0.4 is 5.32 Å². The number of carbonyl (C=O) groups excluding carboxylic acids is 1. The van der Waals surface area contributed by atoms with Gasteiger partial charge in [-0.3, -0.25) is 4.79 Å². The van der Waals surface area contributed by atoms with Gasteiger partial charge in [-0.15, -0.1) is 0 Å². The average molecular weight is 217 g/mol. The molecule has 15 heavy (non-hydrogen) atoms. The highest BCUT2D eigenvalue weighted by atomic mass is 19.1. The van der Waals surface area contributed by atoms with Gasteiger partial charge in [0, 0.05) is 7.05 Å². The van der Waals surface area contributed by atoms with E-state index in [1.807, 2.05) is 13.8 Å². The molecule has 0 aliphatic heterocycles. The Balaban J connectivity index is 0.000000921. The average Bonchev–Trinajstić information content (AvgIpc) is 2.67. The van der Waals surface area contributed by atoms with Crippen molar-refractivity contribution in [2.24, 2.45) is 0 Å². The van der Waals surface area contributed by atoms with Crippen molar-refractivity contribution in [3.63, 3.8) is 0 Å². The Hall–Kier alpha value is -1.46. The Bertz CT molecular complexity index is 317. The van der Waals surface area contributed by atoms with Gasteiger partial charge in [0.2, 0.25) is 0 Å². The maximum absolute atomic E-state index is 13.4. The van der Waals surface area contributed by atoms with Crippen molar-refractivity contribution in [3.05, 3.63) is 11.4 Å². The molecule has 0 aromatic carbocycles. The highest BCUT2D eigenvalue weighted by Gasteiger charge is 2.31. The lowest BCUT2D eigenvalue weighted by Crippen LogP contribution is -2.23. The molecule has 1 aromatic heterocycles. The maximum Gasteiger partial charge on any atom is 0.275 e. The molecule has 1 heterocycles. The van der Waals surface area contributed by atoms with Gasteiger partial charge in [-0.1, -0.05) is 19.0 Å². The normalized spacial score (nSPS) is 10.3. The van der Waals surface area contributed by atoms with Gasteiger partial charge in [0.25, 0.3) is 5.91 Å². The molecule has 1 rings (SSSR count).